The molecule has 1 aromatic carbocycles. The van der Waals surface area contributed by atoms with Crippen molar-refractivity contribution >= 4 is 28.1 Å². The number of rotatable bonds is 7. The quantitative estimate of drug-likeness (QED) is 0.404. The Kier molecular flexibility index (Phi) is 5.87. The predicted molar refractivity (Wildman–Crippen MR) is 117 cm³/mol. The van der Waals surface area contributed by atoms with Crippen LogP contribution < -0.4 is 10.3 Å². The standard InChI is InChI=1S/C20H22N6O2S2/c1-12(2)18-24-26-17(27)9-14(21-19(26)30-18)11-29-20-23-22-16(25(20)4)10-28-15-8-6-5-7-13(15)3/h5-9,12H,10-11H2,1-4H3. The number of aromatic nitrogens is 6. The van der Waals surface area contributed by atoms with Gasteiger partial charge in [-0.3, -0.25) is 4.79 Å². The molecule has 0 N–H and O–H groups in total. The van der Waals surface area contributed by atoms with Gasteiger partial charge in [0.2, 0.25) is 4.96 Å². The molecule has 0 radical (unpaired) electrons. The van der Waals surface area contributed by atoms with Crippen molar-refractivity contribution in [2.45, 2.75) is 44.2 Å². The van der Waals surface area contributed by atoms with E-state index in [0.29, 0.717) is 23.0 Å². The molecular weight excluding hydrogens is 420 g/mol. The number of ether oxygens (including phenoxy) is 1. The molecule has 0 amide bonds. The maximum Gasteiger partial charge on any atom is 0.275 e. The van der Waals surface area contributed by atoms with E-state index in [2.05, 4.69) is 20.3 Å². The number of thioether (sulfide) groups is 1. The van der Waals surface area contributed by atoms with Crippen LogP contribution in [-0.4, -0.2) is 29.4 Å². The van der Waals surface area contributed by atoms with E-state index >= 15 is 0 Å². The van der Waals surface area contributed by atoms with Gasteiger partial charge in [0.25, 0.3) is 5.56 Å². The van der Waals surface area contributed by atoms with Crippen LogP contribution >= 0.6 is 23.1 Å². The molecule has 0 saturated carbocycles. The van der Waals surface area contributed by atoms with Gasteiger partial charge >= 0.3 is 0 Å². The average molecular weight is 443 g/mol. The second kappa shape index (κ2) is 8.57. The van der Waals surface area contributed by atoms with Crippen molar-refractivity contribution in [1.29, 1.82) is 0 Å². The van der Waals surface area contributed by atoms with Crippen molar-refractivity contribution < 1.29 is 4.74 Å². The van der Waals surface area contributed by atoms with Gasteiger partial charge in [-0.2, -0.15) is 9.61 Å². The summed E-state index contributed by atoms with van der Waals surface area (Å²) >= 11 is 2.93. The zero-order valence-corrected chi connectivity index (χ0v) is 18.8. The van der Waals surface area contributed by atoms with Gasteiger partial charge in [-0.1, -0.05) is 55.1 Å². The molecule has 0 fully saturated rings. The largest absolute Gasteiger partial charge is 0.485 e. The first kappa shape index (κ1) is 20.5. The highest BCUT2D eigenvalue weighted by Crippen LogP contribution is 2.23. The average Bonchev–Trinajstić information content (AvgIpc) is 3.30. The fraction of sp³-hybridized carbons (Fsp3) is 0.350. The highest BCUT2D eigenvalue weighted by Gasteiger charge is 2.14. The second-order valence-electron chi connectivity index (χ2n) is 7.18. The minimum absolute atomic E-state index is 0.163. The molecular formula is C20H22N6O2S2. The summed E-state index contributed by atoms with van der Waals surface area (Å²) in [6.45, 7) is 6.44. The summed E-state index contributed by atoms with van der Waals surface area (Å²) in [7, 11) is 1.91. The molecule has 0 saturated heterocycles. The van der Waals surface area contributed by atoms with E-state index in [0.717, 1.165) is 27.3 Å². The monoisotopic (exact) mass is 442 g/mol. The van der Waals surface area contributed by atoms with Crippen LogP contribution in [0.4, 0.5) is 0 Å². The van der Waals surface area contributed by atoms with E-state index in [9.17, 15) is 4.79 Å². The minimum Gasteiger partial charge on any atom is -0.485 e. The van der Waals surface area contributed by atoms with E-state index in [-0.39, 0.29) is 11.5 Å². The van der Waals surface area contributed by atoms with Gasteiger partial charge in [0.05, 0.1) is 5.69 Å². The Hall–Kier alpha value is -2.72. The van der Waals surface area contributed by atoms with E-state index < -0.39 is 0 Å². The molecule has 3 aromatic heterocycles. The molecule has 0 atom stereocenters. The lowest BCUT2D eigenvalue weighted by molar-refractivity contribution is 0.288. The maximum atomic E-state index is 12.4. The molecule has 156 valence electrons. The van der Waals surface area contributed by atoms with Crippen LogP contribution in [0.1, 0.15) is 41.9 Å². The van der Waals surface area contributed by atoms with Gasteiger partial charge in [0.15, 0.2) is 11.0 Å². The van der Waals surface area contributed by atoms with Crippen molar-refractivity contribution in [3.8, 4) is 5.75 Å². The number of aryl methyl sites for hydroxylation is 1. The molecule has 0 spiro atoms. The molecule has 10 heteroatoms. The summed E-state index contributed by atoms with van der Waals surface area (Å²) in [5.74, 6) is 2.34. The van der Waals surface area contributed by atoms with E-state index in [1.165, 1.54) is 33.7 Å². The number of hydrogen-bond acceptors (Lipinski definition) is 8. The molecule has 0 bridgehead atoms. The van der Waals surface area contributed by atoms with Gasteiger partial charge in [-0.25, -0.2) is 4.98 Å². The smallest absolute Gasteiger partial charge is 0.275 e. The SMILES string of the molecule is Cc1ccccc1OCc1nnc(SCc2cc(=O)n3nc(C(C)C)sc3n2)n1C. The van der Waals surface area contributed by atoms with Crippen LogP contribution in [0.3, 0.4) is 0 Å². The number of hydrogen-bond donors (Lipinski definition) is 0. The van der Waals surface area contributed by atoms with Crippen molar-refractivity contribution in [2.24, 2.45) is 7.05 Å². The predicted octanol–water partition coefficient (Wildman–Crippen LogP) is 3.58. The normalized spacial score (nSPS) is 11.5. The summed E-state index contributed by atoms with van der Waals surface area (Å²) in [4.78, 5) is 17.6. The molecule has 3 heterocycles. The van der Waals surface area contributed by atoms with Gasteiger partial charge < -0.3 is 9.30 Å². The van der Waals surface area contributed by atoms with Crippen molar-refractivity contribution in [2.75, 3.05) is 0 Å². The van der Waals surface area contributed by atoms with Gasteiger partial charge in [0.1, 0.15) is 17.4 Å². The number of benzene rings is 1. The first-order valence-electron chi connectivity index (χ1n) is 9.51. The van der Waals surface area contributed by atoms with Crippen LogP contribution in [0.5, 0.6) is 5.75 Å². The fourth-order valence-corrected chi connectivity index (χ4v) is 4.52. The lowest BCUT2D eigenvalue weighted by Crippen LogP contribution is -2.15. The molecule has 4 aromatic rings. The van der Waals surface area contributed by atoms with Crippen molar-refractivity contribution in [3.63, 3.8) is 0 Å². The molecule has 0 aliphatic carbocycles. The molecule has 0 aliphatic heterocycles. The molecule has 0 unspecified atom stereocenters. The topological polar surface area (TPSA) is 87.2 Å². The summed E-state index contributed by atoms with van der Waals surface area (Å²) in [6, 6.07) is 9.40. The van der Waals surface area contributed by atoms with Crippen molar-refractivity contribution in [3.05, 3.63) is 62.8 Å². The molecule has 4 rings (SSSR count). The Labute approximate surface area is 182 Å². The molecule has 30 heavy (non-hydrogen) atoms. The third-order valence-corrected chi connectivity index (χ3v) is 6.79. The number of nitrogens with zero attached hydrogens (tertiary/aromatic N) is 6. The van der Waals surface area contributed by atoms with Gasteiger partial charge in [-0.15, -0.1) is 10.2 Å². The Balaban J connectivity index is 1.45. The van der Waals surface area contributed by atoms with Crippen LogP contribution in [0, 0.1) is 6.92 Å². The van der Waals surface area contributed by atoms with Crippen LogP contribution in [0.2, 0.25) is 0 Å². The Morgan fingerprint density at radius 3 is 2.80 bits per heavy atom. The highest BCUT2D eigenvalue weighted by molar-refractivity contribution is 7.98. The third-order valence-electron chi connectivity index (χ3n) is 4.53. The fourth-order valence-electron chi connectivity index (χ4n) is 2.77. The summed E-state index contributed by atoms with van der Waals surface area (Å²) in [6.07, 6.45) is 0. The number of fused-ring (bicyclic) bond motifs is 1. The van der Waals surface area contributed by atoms with Gasteiger partial charge in [0, 0.05) is 24.8 Å². The van der Waals surface area contributed by atoms with E-state index in [4.69, 9.17) is 4.74 Å². The Morgan fingerprint density at radius 1 is 1.23 bits per heavy atom. The zero-order valence-electron chi connectivity index (χ0n) is 17.2. The van der Waals surface area contributed by atoms with E-state index in [1.807, 2.05) is 56.7 Å². The van der Waals surface area contributed by atoms with Gasteiger partial charge in [-0.05, 0) is 18.6 Å². The summed E-state index contributed by atoms with van der Waals surface area (Å²) in [5, 5.41) is 14.5. The number of para-hydroxylation sites is 1. The first-order valence-corrected chi connectivity index (χ1v) is 11.3. The lowest BCUT2D eigenvalue weighted by Gasteiger charge is -2.08. The Bertz CT molecular complexity index is 1240. The Morgan fingerprint density at radius 2 is 2.03 bits per heavy atom. The lowest BCUT2D eigenvalue weighted by atomic mass is 10.2. The molecule has 0 aliphatic rings. The zero-order chi connectivity index (χ0) is 21.3. The summed E-state index contributed by atoms with van der Waals surface area (Å²) in [5.41, 5.74) is 1.61. The maximum absolute atomic E-state index is 12.4. The highest BCUT2D eigenvalue weighted by atomic mass is 32.2. The minimum atomic E-state index is -0.163. The first-order chi connectivity index (χ1) is 14.4. The second-order valence-corrected chi connectivity index (χ2v) is 9.11. The van der Waals surface area contributed by atoms with Crippen LogP contribution in [0.15, 0.2) is 40.3 Å². The van der Waals surface area contributed by atoms with Crippen molar-refractivity contribution in [1.82, 2.24) is 29.4 Å². The van der Waals surface area contributed by atoms with E-state index in [1.54, 1.807) is 0 Å². The molecule has 8 nitrogen and oxygen atoms in total. The van der Waals surface area contributed by atoms with Crippen LogP contribution in [-0.2, 0) is 19.4 Å². The summed E-state index contributed by atoms with van der Waals surface area (Å²) < 4.78 is 9.14. The van der Waals surface area contributed by atoms with Crippen LogP contribution in [0.25, 0.3) is 4.96 Å². The third kappa shape index (κ3) is 4.24.